The molecule has 2 aromatic rings. The quantitative estimate of drug-likeness (QED) is 0.0460. The molecule has 0 fully saturated rings. The van der Waals surface area contributed by atoms with Crippen molar-refractivity contribution in [3.8, 4) is 59.4 Å². The van der Waals surface area contributed by atoms with Gasteiger partial charge in [-0.15, -0.1) is 23.5 Å². The Morgan fingerprint density at radius 3 is 1.00 bits per heavy atom. The molecule has 10 nitrogen and oxygen atoms in total. The maximum absolute atomic E-state index is 10.3. The zero-order valence-corrected chi connectivity index (χ0v) is 45.6. The summed E-state index contributed by atoms with van der Waals surface area (Å²) < 4.78 is 22.3. The molecule has 0 saturated heterocycles. The van der Waals surface area contributed by atoms with Crippen LogP contribution in [-0.2, 0) is 0 Å². The summed E-state index contributed by atoms with van der Waals surface area (Å²) in [4.78, 5) is 1.63. The van der Waals surface area contributed by atoms with Crippen molar-refractivity contribution in [2.45, 2.75) is 234 Å². The highest BCUT2D eigenvalue weighted by Gasteiger charge is 2.35. The molecule has 386 valence electrons. The van der Waals surface area contributed by atoms with E-state index in [-0.39, 0.29) is 22.3 Å². The zero-order chi connectivity index (χ0) is 51.6. The van der Waals surface area contributed by atoms with Gasteiger partial charge in [0.15, 0.2) is 11.5 Å². The third-order valence-corrected chi connectivity index (χ3v) is 16.3. The molecule has 3 heterocycles. The molecule has 1 aromatic carbocycles. The Balaban J connectivity index is 1.73. The topological polar surface area (TPSA) is 175 Å². The molecule has 2 aliphatic heterocycles. The van der Waals surface area contributed by atoms with Crippen LogP contribution in [0, 0.1) is 68.0 Å². The van der Waals surface area contributed by atoms with Gasteiger partial charge in [-0.1, -0.05) is 194 Å². The Bertz CT molecular complexity index is 2270. The van der Waals surface area contributed by atoms with Gasteiger partial charge in [0, 0.05) is 21.9 Å². The van der Waals surface area contributed by atoms with Crippen molar-refractivity contribution in [3.05, 3.63) is 45.1 Å². The first-order valence-electron chi connectivity index (χ1n) is 27.7. The molecule has 0 spiro atoms. The molecule has 2 aliphatic rings. The molecule has 2 atom stereocenters. The van der Waals surface area contributed by atoms with E-state index in [1.807, 2.05) is 48.6 Å². The van der Waals surface area contributed by atoms with Gasteiger partial charge in [-0.25, -0.2) is 0 Å². The number of fused-ring (bicyclic) bond motifs is 3. The molecule has 4 rings (SSSR count). The Kier molecular flexibility index (Phi) is 29.5. The van der Waals surface area contributed by atoms with Crippen LogP contribution in [0.1, 0.15) is 213 Å². The SMILES string of the molecule is CCCCCCCCCCCCOc1cc(-n2c3c(c4c2=CC(C(C#N)=C(C#N)C#N)S4)SC(C(C#N)=C(C#N)C#N)C=3)cc(OCCCCCCCCCCCC)c1OCCCCCCCCCCCC. The van der Waals surface area contributed by atoms with Gasteiger partial charge in [-0.2, -0.15) is 31.6 Å². The monoisotopic (exact) mass is 1010 g/mol. The van der Waals surface area contributed by atoms with Crippen molar-refractivity contribution in [1.82, 2.24) is 4.57 Å². The number of ether oxygens (including phenoxy) is 3. The van der Waals surface area contributed by atoms with Crippen LogP contribution in [0.2, 0.25) is 0 Å². The fourth-order valence-corrected chi connectivity index (χ4v) is 12.2. The minimum atomic E-state index is -0.618. The molecule has 1 aromatic heterocycles. The number of hydrogen-bond donors (Lipinski definition) is 0. The van der Waals surface area contributed by atoms with Crippen LogP contribution in [0.5, 0.6) is 17.2 Å². The standard InChI is InChI=1S/C60H81N7O3S2/c1-4-7-10-13-16-19-22-25-28-31-34-68-54-37-49(38-55(69-35-32-29-26-23-20-17-14-11-8-5-2)58(54)70-36-33-30-27-24-21-18-15-12-9-6-3)67-52-39-56(50(45-65)47(41-61)42-62)71-59(52)60-53(67)40-57(72-60)51(46-66)48(43-63)44-64/h37-40,56-57H,4-36H2,1-3H3. The van der Waals surface area contributed by atoms with Crippen molar-refractivity contribution in [2.75, 3.05) is 19.8 Å². The average molecular weight is 1010 g/mol. The summed E-state index contributed by atoms with van der Waals surface area (Å²) in [5, 5.41) is 60.1. The molecule has 0 N–H and O–H groups in total. The van der Waals surface area contributed by atoms with Crippen molar-refractivity contribution in [1.29, 1.82) is 31.6 Å². The van der Waals surface area contributed by atoms with E-state index in [1.165, 1.54) is 165 Å². The molecule has 72 heavy (non-hydrogen) atoms. The maximum atomic E-state index is 10.3. The van der Waals surface area contributed by atoms with Crippen molar-refractivity contribution < 1.29 is 14.2 Å². The first kappa shape index (κ1) is 59.3. The zero-order valence-electron chi connectivity index (χ0n) is 44.0. The molecule has 0 bridgehead atoms. The Morgan fingerprint density at radius 1 is 0.417 bits per heavy atom. The first-order chi connectivity index (χ1) is 35.4. The minimum Gasteiger partial charge on any atom is -0.489 e. The number of rotatable bonds is 39. The van der Waals surface area contributed by atoms with Crippen molar-refractivity contribution >= 4 is 35.7 Å². The summed E-state index contributed by atoms with van der Waals surface area (Å²) in [6, 6.07) is 15.8. The first-order valence-corrected chi connectivity index (χ1v) is 29.5. The Hall–Kier alpha value is -5.24. The van der Waals surface area contributed by atoms with Gasteiger partial charge in [0.1, 0.15) is 35.4 Å². The largest absolute Gasteiger partial charge is 0.489 e. The van der Waals surface area contributed by atoms with Crippen LogP contribution in [0.15, 0.2) is 44.2 Å². The van der Waals surface area contributed by atoms with E-state index < -0.39 is 10.5 Å². The summed E-state index contributed by atoms with van der Waals surface area (Å²) in [5.41, 5.74) is 0.365. The molecule has 0 amide bonds. The van der Waals surface area contributed by atoms with Gasteiger partial charge in [0.25, 0.3) is 0 Å². The van der Waals surface area contributed by atoms with Crippen LogP contribution in [0.25, 0.3) is 17.8 Å². The average Bonchev–Trinajstić information content (AvgIpc) is 4.09. The number of nitrogens with zero attached hydrogens (tertiary/aromatic N) is 7. The maximum Gasteiger partial charge on any atom is 0.203 e. The Labute approximate surface area is 441 Å². The molecule has 0 aliphatic carbocycles. The molecular weight excluding hydrogens is 931 g/mol. The van der Waals surface area contributed by atoms with Crippen LogP contribution < -0.4 is 24.9 Å². The van der Waals surface area contributed by atoms with Crippen LogP contribution >= 0.6 is 23.5 Å². The van der Waals surface area contributed by atoms with Crippen molar-refractivity contribution in [3.63, 3.8) is 0 Å². The molecule has 2 unspecified atom stereocenters. The van der Waals surface area contributed by atoms with E-state index >= 15 is 0 Å². The van der Waals surface area contributed by atoms with Gasteiger partial charge in [0.2, 0.25) is 5.75 Å². The van der Waals surface area contributed by atoms with Gasteiger partial charge < -0.3 is 18.8 Å². The third kappa shape index (κ3) is 19.0. The van der Waals surface area contributed by atoms with E-state index in [9.17, 15) is 31.6 Å². The fraction of sp³-hybridized carbons (Fsp3) is 0.633. The summed E-state index contributed by atoms with van der Waals surface area (Å²) in [5.74, 6) is 1.75. The highest BCUT2D eigenvalue weighted by Crippen LogP contribution is 2.45. The lowest BCUT2D eigenvalue weighted by Crippen LogP contribution is -2.26. The second kappa shape index (κ2) is 35.8. The lowest BCUT2D eigenvalue weighted by molar-refractivity contribution is 0.234. The van der Waals surface area contributed by atoms with Gasteiger partial charge in [-0.3, -0.25) is 0 Å². The Morgan fingerprint density at radius 2 is 0.708 bits per heavy atom. The second-order valence-electron chi connectivity index (χ2n) is 19.3. The van der Waals surface area contributed by atoms with E-state index in [4.69, 9.17) is 14.2 Å². The van der Waals surface area contributed by atoms with Gasteiger partial charge in [-0.05, 0) is 31.4 Å². The van der Waals surface area contributed by atoms with E-state index in [2.05, 4.69) is 37.5 Å². The molecule has 0 radical (unpaired) electrons. The normalized spacial score (nSPS) is 14.0. The molecular formula is C60H81N7O3S2. The number of aromatic nitrogens is 1. The van der Waals surface area contributed by atoms with E-state index in [0.29, 0.717) is 37.1 Å². The van der Waals surface area contributed by atoms with E-state index in [1.54, 1.807) is 0 Å². The highest BCUT2D eigenvalue weighted by molar-refractivity contribution is 8.03. The summed E-state index contributed by atoms with van der Waals surface area (Å²) >= 11 is 2.74. The van der Waals surface area contributed by atoms with Crippen LogP contribution in [0.3, 0.4) is 0 Å². The lowest BCUT2D eigenvalue weighted by Gasteiger charge is -2.20. The van der Waals surface area contributed by atoms with Crippen LogP contribution in [0.4, 0.5) is 0 Å². The predicted molar refractivity (Wildman–Crippen MR) is 293 cm³/mol. The summed E-state index contributed by atoms with van der Waals surface area (Å²) in [6.45, 7) is 8.30. The smallest absolute Gasteiger partial charge is 0.203 e. The highest BCUT2D eigenvalue weighted by atomic mass is 32.2. The minimum absolute atomic E-state index is 0.0654. The lowest BCUT2D eigenvalue weighted by atomic mass is 10.1. The third-order valence-electron chi connectivity index (χ3n) is 13.6. The van der Waals surface area contributed by atoms with E-state index in [0.717, 1.165) is 77.5 Å². The molecule has 12 heteroatoms. The number of benzene rings is 1. The molecule has 0 saturated carbocycles. The number of unbranched alkanes of at least 4 members (excludes halogenated alkanes) is 27. The number of thioether (sulfide) groups is 2. The number of allylic oxidation sites excluding steroid dienone is 2. The number of hydrogen-bond acceptors (Lipinski definition) is 11. The van der Waals surface area contributed by atoms with Gasteiger partial charge >= 0.3 is 0 Å². The van der Waals surface area contributed by atoms with Crippen LogP contribution in [-0.4, -0.2) is 34.9 Å². The van der Waals surface area contributed by atoms with Crippen molar-refractivity contribution in [2.24, 2.45) is 0 Å². The predicted octanol–water partition coefficient (Wildman–Crippen LogP) is 15.6. The summed E-state index contributed by atoms with van der Waals surface area (Å²) in [6.07, 6.45) is 40.3. The number of nitriles is 6. The summed E-state index contributed by atoms with van der Waals surface area (Å²) in [7, 11) is 0. The second-order valence-corrected chi connectivity index (χ2v) is 21.6. The van der Waals surface area contributed by atoms with Gasteiger partial charge in [0.05, 0.1) is 70.0 Å². The fourth-order valence-electron chi connectivity index (χ4n) is 9.44.